The molecule has 0 nitrogen and oxygen atoms in total. The second kappa shape index (κ2) is 10.4. The van der Waals surface area contributed by atoms with E-state index in [1.807, 2.05) is 0 Å². The summed E-state index contributed by atoms with van der Waals surface area (Å²) in [5.41, 5.74) is 7.45. The van der Waals surface area contributed by atoms with E-state index in [1.165, 1.54) is 41.6 Å². The summed E-state index contributed by atoms with van der Waals surface area (Å²) in [6.45, 7) is 15.7. The first-order valence-electron chi connectivity index (χ1n) is 9.76. The Bertz CT molecular complexity index is 608. The molecule has 0 saturated carbocycles. The Labute approximate surface area is 156 Å². The molecule has 0 bridgehead atoms. The van der Waals surface area contributed by atoms with Crippen molar-refractivity contribution in [3.8, 4) is 0 Å². The lowest BCUT2D eigenvalue weighted by Crippen LogP contribution is -2.19. The molecule has 0 aliphatic heterocycles. The smallest absolute Gasteiger partial charge is 0.0104 e. The molecule has 25 heavy (non-hydrogen) atoms. The maximum atomic E-state index is 2.37. The van der Waals surface area contributed by atoms with E-state index in [9.17, 15) is 0 Å². The zero-order valence-corrected chi connectivity index (χ0v) is 17.6. The standard InChI is InChI=1S/C25H38/c1-20(2)12-8-9-13-21(3)14-10-15-22(4)17-18-24-23(5)16-11-19-25(24,6)7/h10,12-15,17-18H,8-9,11,16,19H2,1-7H3. The van der Waals surface area contributed by atoms with Crippen LogP contribution in [-0.2, 0) is 0 Å². The van der Waals surface area contributed by atoms with Gasteiger partial charge in [-0.25, -0.2) is 0 Å². The molecule has 0 radical (unpaired) electrons. The van der Waals surface area contributed by atoms with Gasteiger partial charge in [0.05, 0.1) is 0 Å². The van der Waals surface area contributed by atoms with Crippen molar-refractivity contribution in [3.63, 3.8) is 0 Å². The zero-order valence-electron chi connectivity index (χ0n) is 17.6. The second-order valence-corrected chi connectivity index (χ2v) is 8.34. The van der Waals surface area contributed by atoms with Crippen LogP contribution in [0.1, 0.15) is 80.6 Å². The van der Waals surface area contributed by atoms with Crippen molar-refractivity contribution in [1.29, 1.82) is 0 Å². The van der Waals surface area contributed by atoms with Crippen LogP contribution in [0.25, 0.3) is 0 Å². The molecule has 0 aromatic rings. The average Bonchev–Trinajstić information content (AvgIpc) is 2.50. The average molecular weight is 339 g/mol. The molecule has 0 saturated heterocycles. The second-order valence-electron chi connectivity index (χ2n) is 8.34. The van der Waals surface area contributed by atoms with E-state index in [4.69, 9.17) is 0 Å². The minimum absolute atomic E-state index is 0.319. The van der Waals surface area contributed by atoms with Crippen LogP contribution in [0.2, 0.25) is 0 Å². The lowest BCUT2D eigenvalue weighted by atomic mass is 9.72. The summed E-state index contributed by atoms with van der Waals surface area (Å²) >= 11 is 0. The highest BCUT2D eigenvalue weighted by molar-refractivity contribution is 5.37. The van der Waals surface area contributed by atoms with E-state index >= 15 is 0 Å². The molecule has 138 valence electrons. The van der Waals surface area contributed by atoms with Crippen molar-refractivity contribution in [3.05, 3.63) is 70.4 Å². The van der Waals surface area contributed by atoms with E-state index in [0.717, 1.165) is 12.8 Å². The molecule has 0 fully saturated rings. The Morgan fingerprint density at radius 1 is 0.960 bits per heavy atom. The van der Waals surface area contributed by atoms with Crippen LogP contribution in [0.4, 0.5) is 0 Å². The maximum absolute atomic E-state index is 2.37. The molecule has 1 aliphatic rings. The summed E-state index contributed by atoms with van der Waals surface area (Å²) in [7, 11) is 0. The summed E-state index contributed by atoms with van der Waals surface area (Å²) in [5.74, 6) is 0. The van der Waals surface area contributed by atoms with Gasteiger partial charge in [0, 0.05) is 0 Å². The summed E-state index contributed by atoms with van der Waals surface area (Å²) < 4.78 is 0. The van der Waals surface area contributed by atoms with E-state index in [0.29, 0.717) is 5.41 Å². The number of hydrogen-bond donors (Lipinski definition) is 0. The Kier molecular flexibility index (Phi) is 8.97. The normalized spacial score (nSPS) is 19.2. The first kappa shape index (κ1) is 21.5. The van der Waals surface area contributed by atoms with Gasteiger partial charge in [-0.05, 0) is 77.7 Å². The van der Waals surface area contributed by atoms with E-state index in [2.05, 4.69) is 91.0 Å². The van der Waals surface area contributed by atoms with Crippen LogP contribution < -0.4 is 0 Å². The van der Waals surface area contributed by atoms with Crippen LogP contribution in [0, 0.1) is 5.41 Å². The highest BCUT2D eigenvalue weighted by Crippen LogP contribution is 2.40. The predicted molar refractivity (Wildman–Crippen MR) is 115 cm³/mol. The molecule has 0 aromatic carbocycles. The van der Waals surface area contributed by atoms with Crippen LogP contribution >= 0.6 is 0 Å². The minimum Gasteiger partial charge on any atom is -0.0856 e. The SMILES string of the molecule is CC(C)=CCCC=C(C)C=CC=C(C)C=CC1=C(C)CCCC1(C)C. The van der Waals surface area contributed by atoms with Gasteiger partial charge in [0.15, 0.2) is 0 Å². The van der Waals surface area contributed by atoms with Crippen LogP contribution in [-0.4, -0.2) is 0 Å². The summed E-state index contributed by atoms with van der Waals surface area (Å²) in [5, 5.41) is 0. The molecule has 0 atom stereocenters. The number of rotatable bonds is 7. The fourth-order valence-corrected chi connectivity index (χ4v) is 3.38. The van der Waals surface area contributed by atoms with E-state index in [1.54, 1.807) is 5.57 Å². The molecule has 0 spiro atoms. The van der Waals surface area contributed by atoms with Gasteiger partial charge in [-0.1, -0.05) is 78.7 Å². The fraction of sp³-hybridized carbons (Fsp3) is 0.520. The fourth-order valence-electron chi connectivity index (χ4n) is 3.38. The van der Waals surface area contributed by atoms with Gasteiger partial charge in [-0.3, -0.25) is 0 Å². The molecule has 0 heterocycles. The monoisotopic (exact) mass is 338 g/mol. The molecular weight excluding hydrogens is 300 g/mol. The molecular formula is C25H38. The summed E-state index contributed by atoms with van der Waals surface area (Å²) in [4.78, 5) is 0. The van der Waals surface area contributed by atoms with Gasteiger partial charge < -0.3 is 0 Å². The van der Waals surface area contributed by atoms with Crippen LogP contribution in [0.5, 0.6) is 0 Å². The molecule has 0 heteroatoms. The third-order valence-electron chi connectivity index (χ3n) is 4.96. The van der Waals surface area contributed by atoms with Crippen molar-refractivity contribution in [1.82, 2.24) is 0 Å². The van der Waals surface area contributed by atoms with Crippen molar-refractivity contribution in [2.24, 2.45) is 5.41 Å². The Hall–Kier alpha value is -1.56. The molecule has 1 rings (SSSR count). The van der Waals surface area contributed by atoms with Gasteiger partial charge in [0.25, 0.3) is 0 Å². The van der Waals surface area contributed by atoms with E-state index < -0.39 is 0 Å². The van der Waals surface area contributed by atoms with Gasteiger partial charge in [-0.2, -0.15) is 0 Å². The number of hydrogen-bond acceptors (Lipinski definition) is 0. The van der Waals surface area contributed by atoms with Crippen LogP contribution in [0.3, 0.4) is 0 Å². The van der Waals surface area contributed by atoms with Crippen molar-refractivity contribution >= 4 is 0 Å². The predicted octanol–water partition coefficient (Wildman–Crippen LogP) is 8.26. The highest BCUT2D eigenvalue weighted by atomic mass is 14.3. The van der Waals surface area contributed by atoms with Gasteiger partial charge in [0.2, 0.25) is 0 Å². The Morgan fingerprint density at radius 2 is 1.64 bits per heavy atom. The Balaban J connectivity index is 2.63. The lowest BCUT2D eigenvalue weighted by Gasteiger charge is -2.32. The Morgan fingerprint density at radius 3 is 2.28 bits per heavy atom. The van der Waals surface area contributed by atoms with Gasteiger partial charge >= 0.3 is 0 Å². The van der Waals surface area contributed by atoms with Crippen LogP contribution in [0.15, 0.2) is 70.4 Å². The first-order chi connectivity index (χ1) is 11.7. The minimum atomic E-state index is 0.319. The number of allylic oxidation sites excluding steroid dienone is 12. The molecule has 0 N–H and O–H groups in total. The van der Waals surface area contributed by atoms with E-state index in [-0.39, 0.29) is 0 Å². The zero-order chi connectivity index (χ0) is 18.9. The third kappa shape index (κ3) is 8.38. The molecule has 0 unspecified atom stereocenters. The highest BCUT2D eigenvalue weighted by Gasteiger charge is 2.26. The van der Waals surface area contributed by atoms with Crippen molar-refractivity contribution in [2.75, 3.05) is 0 Å². The van der Waals surface area contributed by atoms with Crippen molar-refractivity contribution in [2.45, 2.75) is 80.6 Å². The first-order valence-corrected chi connectivity index (χ1v) is 9.76. The quantitative estimate of drug-likeness (QED) is 0.249. The third-order valence-corrected chi connectivity index (χ3v) is 4.96. The molecule has 0 amide bonds. The van der Waals surface area contributed by atoms with Gasteiger partial charge in [-0.15, -0.1) is 0 Å². The van der Waals surface area contributed by atoms with Gasteiger partial charge in [0.1, 0.15) is 0 Å². The lowest BCUT2D eigenvalue weighted by molar-refractivity contribution is 0.377. The summed E-state index contributed by atoms with van der Waals surface area (Å²) in [6, 6.07) is 0. The summed E-state index contributed by atoms with van der Waals surface area (Å²) in [6.07, 6.45) is 21.9. The van der Waals surface area contributed by atoms with Crippen molar-refractivity contribution < 1.29 is 0 Å². The largest absolute Gasteiger partial charge is 0.0856 e. The maximum Gasteiger partial charge on any atom is -0.0104 e. The molecule has 0 aromatic heterocycles. The molecule has 1 aliphatic carbocycles. The number of unbranched alkanes of at least 4 members (excludes halogenated alkanes) is 1. The topological polar surface area (TPSA) is 0 Å².